The van der Waals surface area contributed by atoms with Crippen LogP contribution >= 0.6 is 0 Å². The summed E-state index contributed by atoms with van der Waals surface area (Å²) in [5.74, 6) is -0.0540. The highest BCUT2D eigenvalue weighted by molar-refractivity contribution is 5.93. The van der Waals surface area contributed by atoms with Crippen LogP contribution in [0.2, 0.25) is 0 Å². The van der Waals surface area contributed by atoms with Crippen molar-refractivity contribution >= 4 is 5.91 Å². The molecule has 0 aromatic heterocycles. The van der Waals surface area contributed by atoms with E-state index >= 15 is 0 Å². The number of aliphatic hydroxyl groups excluding tert-OH is 1. The average molecular weight is 261 g/mol. The topological polar surface area (TPSA) is 49.3 Å². The Balaban J connectivity index is 2.83. The zero-order chi connectivity index (χ0) is 14.3. The van der Waals surface area contributed by atoms with Crippen molar-refractivity contribution in [3.05, 3.63) is 47.0 Å². The second-order valence-electron chi connectivity index (χ2n) is 4.71. The average Bonchev–Trinajstić information content (AvgIpc) is 2.46. The summed E-state index contributed by atoms with van der Waals surface area (Å²) < 4.78 is 0. The van der Waals surface area contributed by atoms with Crippen molar-refractivity contribution < 1.29 is 9.90 Å². The van der Waals surface area contributed by atoms with Crippen molar-refractivity contribution in [2.24, 2.45) is 0 Å². The highest BCUT2D eigenvalue weighted by Gasteiger charge is 2.15. The van der Waals surface area contributed by atoms with Crippen LogP contribution in [0.3, 0.4) is 0 Å². The molecule has 0 spiro atoms. The molecule has 0 aliphatic heterocycles. The first-order valence-electron chi connectivity index (χ1n) is 6.73. The molecule has 0 saturated heterocycles. The predicted octanol–water partition coefficient (Wildman–Crippen LogP) is 2.97. The highest BCUT2D eigenvalue weighted by atomic mass is 16.3. The largest absolute Gasteiger partial charge is 0.396 e. The van der Waals surface area contributed by atoms with Crippen molar-refractivity contribution in [3.8, 4) is 0 Å². The molecule has 3 heteroatoms. The van der Waals surface area contributed by atoms with Gasteiger partial charge in [0.15, 0.2) is 0 Å². The van der Waals surface area contributed by atoms with Crippen LogP contribution in [0, 0.1) is 0 Å². The molecule has 1 aromatic carbocycles. The third kappa shape index (κ3) is 4.52. The smallest absolute Gasteiger partial charge is 0.247 e. The van der Waals surface area contributed by atoms with Crippen LogP contribution in [0.5, 0.6) is 0 Å². The van der Waals surface area contributed by atoms with Crippen LogP contribution < -0.4 is 5.32 Å². The van der Waals surface area contributed by atoms with Gasteiger partial charge in [0.05, 0.1) is 6.04 Å². The lowest BCUT2D eigenvalue weighted by atomic mass is 10.0. The Hall–Kier alpha value is -1.61. The standard InChI is InChI=1S/C16H23NO2/c1-4-12(2)13(3)16(19)17-15(10-11-18)14-8-6-5-7-9-14/h5-9,15,18H,4,10-11H2,1-3H3,(H,17,19)/b13-12-. The number of hydrogen-bond donors (Lipinski definition) is 2. The van der Waals surface area contributed by atoms with Gasteiger partial charge in [-0.2, -0.15) is 0 Å². The van der Waals surface area contributed by atoms with Gasteiger partial charge < -0.3 is 10.4 Å². The van der Waals surface area contributed by atoms with E-state index in [0.29, 0.717) is 6.42 Å². The monoisotopic (exact) mass is 261 g/mol. The number of aliphatic hydroxyl groups is 1. The first kappa shape index (κ1) is 15.4. The van der Waals surface area contributed by atoms with E-state index in [1.165, 1.54) is 0 Å². The van der Waals surface area contributed by atoms with Gasteiger partial charge in [0, 0.05) is 12.2 Å². The lowest BCUT2D eigenvalue weighted by Crippen LogP contribution is -2.30. The molecule has 0 radical (unpaired) electrons. The van der Waals surface area contributed by atoms with Gasteiger partial charge in [-0.15, -0.1) is 0 Å². The third-order valence-electron chi connectivity index (χ3n) is 3.44. The maximum Gasteiger partial charge on any atom is 0.247 e. The third-order valence-corrected chi connectivity index (χ3v) is 3.44. The normalized spacial score (nSPS) is 13.7. The maximum atomic E-state index is 12.2. The highest BCUT2D eigenvalue weighted by Crippen LogP contribution is 2.17. The van der Waals surface area contributed by atoms with Crippen molar-refractivity contribution in [1.82, 2.24) is 5.32 Å². The van der Waals surface area contributed by atoms with E-state index in [1.807, 2.05) is 51.1 Å². The Bertz CT molecular complexity index is 437. The molecule has 104 valence electrons. The summed E-state index contributed by atoms with van der Waals surface area (Å²) in [6, 6.07) is 9.60. The van der Waals surface area contributed by atoms with Crippen LogP contribution in [0.25, 0.3) is 0 Å². The number of nitrogens with one attached hydrogen (secondary N) is 1. The van der Waals surface area contributed by atoms with Crippen LogP contribution in [0.15, 0.2) is 41.5 Å². The predicted molar refractivity (Wildman–Crippen MR) is 77.7 cm³/mol. The summed E-state index contributed by atoms with van der Waals surface area (Å²) in [7, 11) is 0. The van der Waals surface area contributed by atoms with Crippen LogP contribution in [-0.4, -0.2) is 17.6 Å². The fourth-order valence-electron chi connectivity index (χ4n) is 1.86. The van der Waals surface area contributed by atoms with E-state index < -0.39 is 0 Å². The summed E-state index contributed by atoms with van der Waals surface area (Å²) in [6.45, 7) is 5.90. The van der Waals surface area contributed by atoms with E-state index in [2.05, 4.69) is 5.32 Å². The molecule has 1 unspecified atom stereocenters. The first-order chi connectivity index (χ1) is 9.10. The first-order valence-corrected chi connectivity index (χ1v) is 6.73. The zero-order valence-corrected chi connectivity index (χ0v) is 11.9. The summed E-state index contributed by atoms with van der Waals surface area (Å²) in [6.07, 6.45) is 1.39. The lowest BCUT2D eigenvalue weighted by Gasteiger charge is -2.19. The summed E-state index contributed by atoms with van der Waals surface area (Å²) in [5.41, 5.74) is 2.88. The van der Waals surface area contributed by atoms with Gasteiger partial charge in [-0.3, -0.25) is 4.79 Å². The Kier molecular flexibility index (Phi) is 6.30. The number of carbonyl (C=O) groups is 1. The minimum atomic E-state index is -0.140. The van der Waals surface area contributed by atoms with E-state index in [9.17, 15) is 4.79 Å². The number of amides is 1. The van der Waals surface area contributed by atoms with Crippen LogP contribution in [-0.2, 0) is 4.79 Å². The molecule has 3 nitrogen and oxygen atoms in total. The molecule has 0 saturated carbocycles. The summed E-state index contributed by atoms with van der Waals surface area (Å²) in [4.78, 5) is 12.2. The Morgan fingerprint density at radius 2 is 1.89 bits per heavy atom. The molecule has 1 amide bonds. The summed E-state index contributed by atoms with van der Waals surface area (Å²) >= 11 is 0. The molecule has 2 N–H and O–H groups in total. The number of rotatable bonds is 6. The SMILES string of the molecule is CC/C(C)=C(/C)C(=O)NC(CCO)c1ccccc1. The Morgan fingerprint density at radius 3 is 2.42 bits per heavy atom. The molecule has 0 fully saturated rings. The number of benzene rings is 1. The van der Waals surface area contributed by atoms with Gasteiger partial charge in [0.25, 0.3) is 0 Å². The summed E-state index contributed by atoms with van der Waals surface area (Å²) in [5, 5.41) is 12.1. The molecule has 1 atom stereocenters. The van der Waals surface area contributed by atoms with Gasteiger partial charge in [-0.05, 0) is 32.3 Å². The van der Waals surface area contributed by atoms with Crippen molar-refractivity contribution in [2.75, 3.05) is 6.61 Å². The Labute approximate surface area is 115 Å². The second kappa shape index (κ2) is 7.74. The Morgan fingerprint density at radius 1 is 1.26 bits per heavy atom. The van der Waals surface area contributed by atoms with Gasteiger partial charge in [-0.1, -0.05) is 42.8 Å². The van der Waals surface area contributed by atoms with E-state index in [1.54, 1.807) is 0 Å². The molecule has 0 bridgehead atoms. The van der Waals surface area contributed by atoms with Gasteiger partial charge in [0.2, 0.25) is 5.91 Å². The second-order valence-corrected chi connectivity index (χ2v) is 4.71. The van der Waals surface area contributed by atoms with Crippen LogP contribution in [0.1, 0.15) is 45.2 Å². The van der Waals surface area contributed by atoms with Gasteiger partial charge in [-0.25, -0.2) is 0 Å². The van der Waals surface area contributed by atoms with E-state index in [4.69, 9.17) is 5.11 Å². The van der Waals surface area contributed by atoms with E-state index in [-0.39, 0.29) is 18.6 Å². The molecule has 1 aromatic rings. The van der Waals surface area contributed by atoms with Crippen molar-refractivity contribution in [2.45, 2.75) is 39.7 Å². The molecule has 0 aliphatic carbocycles. The quantitative estimate of drug-likeness (QED) is 0.773. The lowest BCUT2D eigenvalue weighted by molar-refractivity contribution is -0.118. The van der Waals surface area contributed by atoms with Crippen molar-refractivity contribution in [1.29, 1.82) is 0 Å². The molecular weight excluding hydrogens is 238 g/mol. The molecule has 1 rings (SSSR count). The number of allylic oxidation sites excluding steroid dienone is 1. The molecule has 0 heterocycles. The minimum Gasteiger partial charge on any atom is -0.396 e. The van der Waals surface area contributed by atoms with E-state index in [0.717, 1.165) is 23.1 Å². The zero-order valence-electron chi connectivity index (χ0n) is 11.9. The molecular formula is C16H23NO2. The maximum absolute atomic E-state index is 12.2. The number of carbonyl (C=O) groups excluding carboxylic acids is 1. The molecule has 19 heavy (non-hydrogen) atoms. The van der Waals surface area contributed by atoms with Gasteiger partial charge >= 0.3 is 0 Å². The fraction of sp³-hybridized carbons (Fsp3) is 0.438. The van der Waals surface area contributed by atoms with Gasteiger partial charge in [0.1, 0.15) is 0 Å². The fourth-order valence-corrected chi connectivity index (χ4v) is 1.86. The number of hydrogen-bond acceptors (Lipinski definition) is 2. The van der Waals surface area contributed by atoms with Crippen molar-refractivity contribution in [3.63, 3.8) is 0 Å². The molecule has 0 aliphatic rings. The minimum absolute atomic E-state index is 0.0510. The van der Waals surface area contributed by atoms with Crippen LogP contribution in [0.4, 0.5) is 0 Å².